The van der Waals surface area contributed by atoms with E-state index in [0.29, 0.717) is 13.0 Å². The molecule has 0 amide bonds. The number of anilines is 1. The third kappa shape index (κ3) is 4.50. The zero-order chi connectivity index (χ0) is 12.2. The van der Waals surface area contributed by atoms with Gasteiger partial charge < -0.3 is 10.4 Å². The summed E-state index contributed by atoms with van der Waals surface area (Å²) in [5.74, 6) is -0.111. The minimum Gasteiger partial charge on any atom is -0.508 e. The van der Waals surface area contributed by atoms with Crippen LogP contribution in [0.1, 0.15) is 12.0 Å². The fourth-order valence-corrected chi connectivity index (χ4v) is 1.79. The molecule has 0 aliphatic rings. The lowest BCUT2D eigenvalue weighted by atomic mass is 10.2. The lowest BCUT2D eigenvalue weighted by Gasteiger charge is -2.09. The molecule has 6 heteroatoms. The van der Waals surface area contributed by atoms with Crippen LogP contribution in [0.5, 0.6) is 5.75 Å². The molecule has 16 heavy (non-hydrogen) atoms. The molecule has 5 nitrogen and oxygen atoms in total. The first kappa shape index (κ1) is 12.8. The average Bonchev–Trinajstić information content (AvgIpc) is 2.16. The maximum absolute atomic E-state index is 10.5. The van der Waals surface area contributed by atoms with E-state index in [2.05, 4.69) is 5.32 Å². The maximum Gasteiger partial charge on any atom is 0.264 e. The first-order valence-corrected chi connectivity index (χ1v) is 6.48. The van der Waals surface area contributed by atoms with Crippen molar-refractivity contribution in [1.82, 2.24) is 0 Å². The summed E-state index contributed by atoms with van der Waals surface area (Å²) < 4.78 is 29.4. The third-order valence-corrected chi connectivity index (χ3v) is 2.92. The third-order valence-electron chi connectivity index (χ3n) is 2.12. The Balaban J connectivity index is 2.46. The van der Waals surface area contributed by atoms with Gasteiger partial charge in [-0.15, -0.1) is 0 Å². The highest BCUT2D eigenvalue weighted by Gasteiger charge is 2.04. The Kier molecular flexibility index (Phi) is 4.14. The molecule has 0 bridgehead atoms. The van der Waals surface area contributed by atoms with Crippen molar-refractivity contribution in [2.45, 2.75) is 13.3 Å². The van der Waals surface area contributed by atoms with Crippen LogP contribution in [0.4, 0.5) is 5.69 Å². The van der Waals surface area contributed by atoms with E-state index in [4.69, 9.17) is 4.55 Å². The molecule has 90 valence electrons. The monoisotopic (exact) mass is 245 g/mol. The van der Waals surface area contributed by atoms with Gasteiger partial charge in [0.1, 0.15) is 5.75 Å². The maximum atomic E-state index is 10.5. The fourth-order valence-electron chi connectivity index (χ4n) is 1.28. The quantitative estimate of drug-likeness (QED) is 0.539. The number of hydrogen-bond donors (Lipinski definition) is 3. The molecule has 0 fully saturated rings. The highest BCUT2D eigenvalue weighted by Crippen LogP contribution is 2.20. The van der Waals surface area contributed by atoms with Crippen LogP contribution in [0.2, 0.25) is 0 Å². The van der Waals surface area contributed by atoms with Gasteiger partial charge in [0.05, 0.1) is 5.75 Å². The van der Waals surface area contributed by atoms with E-state index in [0.717, 1.165) is 11.3 Å². The Morgan fingerprint density at radius 1 is 1.38 bits per heavy atom. The Morgan fingerprint density at radius 2 is 2.06 bits per heavy atom. The van der Waals surface area contributed by atoms with Gasteiger partial charge >= 0.3 is 0 Å². The lowest BCUT2D eigenvalue weighted by Crippen LogP contribution is -2.10. The molecule has 0 aliphatic carbocycles. The average molecular weight is 245 g/mol. The summed E-state index contributed by atoms with van der Waals surface area (Å²) in [5.41, 5.74) is 1.72. The highest BCUT2D eigenvalue weighted by molar-refractivity contribution is 7.85. The molecule has 0 aromatic heterocycles. The summed E-state index contributed by atoms with van der Waals surface area (Å²) in [7, 11) is -3.89. The van der Waals surface area contributed by atoms with E-state index in [-0.39, 0.29) is 11.5 Å². The molecule has 1 aromatic rings. The Bertz CT molecular complexity index is 456. The lowest BCUT2D eigenvalue weighted by molar-refractivity contribution is 0.475. The highest BCUT2D eigenvalue weighted by atomic mass is 32.2. The number of nitrogens with one attached hydrogen (secondary N) is 1. The van der Waals surface area contributed by atoms with Gasteiger partial charge in [-0.3, -0.25) is 4.55 Å². The first-order chi connectivity index (χ1) is 7.38. The topological polar surface area (TPSA) is 86.6 Å². The van der Waals surface area contributed by atoms with Gasteiger partial charge in [-0.2, -0.15) is 8.42 Å². The van der Waals surface area contributed by atoms with Gasteiger partial charge in [0, 0.05) is 18.3 Å². The second kappa shape index (κ2) is 5.18. The molecule has 3 N–H and O–H groups in total. The molecule has 0 spiro atoms. The smallest absolute Gasteiger partial charge is 0.264 e. The number of rotatable bonds is 5. The van der Waals surface area contributed by atoms with Crippen molar-refractivity contribution in [3.8, 4) is 5.75 Å². The van der Waals surface area contributed by atoms with E-state index in [1.807, 2.05) is 6.92 Å². The second-order valence-electron chi connectivity index (χ2n) is 3.57. The van der Waals surface area contributed by atoms with Gasteiger partial charge in [-0.05, 0) is 25.0 Å². The van der Waals surface area contributed by atoms with Crippen LogP contribution in [0.25, 0.3) is 0 Å². The molecule has 0 atom stereocenters. The predicted octanol–water partition coefficient (Wildman–Crippen LogP) is 1.39. The van der Waals surface area contributed by atoms with Crippen molar-refractivity contribution in [3.63, 3.8) is 0 Å². The van der Waals surface area contributed by atoms with Crippen molar-refractivity contribution < 1.29 is 18.1 Å². The van der Waals surface area contributed by atoms with Gasteiger partial charge in [0.25, 0.3) is 10.1 Å². The summed E-state index contributed by atoms with van der Waals surface area (Å²) in [5, 5.41) is 12.2. The van der Waals surface area contributed by atoms with E-state index < -0.39 is 10.1 Å². The molecule has 0 radical (unpaired) electrons. The number of aromatic hydroxyl groups is 1. The van der Waals surface area contributed by atoms with E-state index in [1.54, 1.807) is 18.2 Å². The predicted molar refractivity (Wildman–Crippen MR) is 62.4 cm³/mol. The summed E-state index contributed by atoms with van der Waals surface area (Å²) >= 11 is 0. The van der Waals surface area contributed by atoms with E-state index in [9.17, 15) is 13.5 Å². The van der Waals surface area contributed by atoms with Crippen LogP contribution in [-0.4, -0.2) is 30.4 Å². The van der Waals surface area contributed by atoms with Crippen molar-refractivity contribution in [2.24, 2.45) is 0 Å². The Hall–Kier alpha value is -1.27. The first-order valence-electron chi connectivity index (χ1n) is 4.87. The van der Waals surface area contributed by atoms with Crippen LogP contribution in [0.3, 0.4) is 0 Å². The van der Waals surface area contributed by atoms with Crippen molar-refractivity contribution in [1.29, 1.82) is 0 Å². The number of benzene rings is 1. The minimum atomic E-state index is -3.89. The molecule has 0 aliphatic heterocycles. The largest absolute Gasteiger partial charge is 0.508 e. The van der Waals surface area contributed by atoms with Crippen LogP contribution in [0.15, 0.2) is 18.2 Å². The summed E-state index contributed by atoms with van der Waals surface area (Å²) in [4.78, 5) is 0. The summed E-state index contributed by atoms with van der Waals surface area (Å²) in [6, 6.07) is 4.92. The molecule has 1 aromatic carbocycles. The van der Waals surface area contributed by atoms with Crippen LogP contribution < -0.4 is 5.32 Å². The van der Waals surface area contributed by atoms with Crippen molar-refractivity contribution >= 4 is 15.8 Å². The molecule has 0 saturated heterocycles. The second-order valence-corrected chi connectivity index (χ2v) is 5.14. The van der Waals surface area contributed by atoms with Crippen molar-refractivity contribution in [3.05, 3.63) is 23.8 Å². The normalized spacial score (nSPS) is 11.4. The van der Waals surface area contributed by atoms with Crippen molar-refractivity contribution in [2.75, 3.05) is 17.6 Å². The molecular formula is C10H15NO4S. The fraction of sp³-hybridized carbons (Fsp3) is 0.400. The number of aryl methyl sites for hydroxylation is 1. The number of phenolic OH excluding ortho intramolecular Hbond substituents is 1. The minimum absolute atomic E-state index is 0.155. The van der Waals surface area contributed by atoms with Crippen LogP contribution in [0, 0.1) is 6.92 Å². The van der Waals surface area contributed by atoms with Gasteiger partial charge in [-0.25, -0.2) is 0 Å². The number of hydrogen-bond acceptors (Lipinski definition) is 4. The summed E-state index contributed by atoms with van der Waals surface area (Å²) in [6.45, 7) is 2.30. The SMILES string of the molecule is Cc1ccc(O)cc1NCCCS(=O)(=O)O. The van der Waals surface area contributed by atoms with Crippen LogP contribution in [-0.2, 0) is 10.1 Å². The van der Waals surface area contributed by atoms with Gasteiger partial charge in [-0.1, -0.05) is 6.07 Å². The molecule has 0 heterocycles. The molecule has 0 saturated carbocycles. The Morgan fingerprint density at radius 3 is 2.69 bits per heavy atom. The van der Waals surface area contributed by atoms with Gasteiger partial charge in [0.2, 0.25) is 0 Å². The standard InChI is InChI=1S/C10H15NO4S/c1-8-3-4-9(12)7-10(8)11-5-2-6-16(13,14)15/h3-4,7,11-12H,2,5-6H2,1H3,(H,13,14,15). The van der Waals surface area contributed by atoms with E-state index >= 15 is 0 Å². The van der Waals surface area contributed by atoms with Crippen LogP contribution >= 0.6 is 0 Å². The molecular weight excluding hydrogens is 230 g/mol. The molecule has 0 unspecified atom stereocenters. The zero-order valence-corrected chi connectivity index (χ0v) is 9.79. The molecule has 1 rings (SSSR count). The Labute approximate surface area is 94.9 Å². The summed E-state index contributed by atoms with van der Waals surface area (Å²) in [6.07, 6.45) is 0.313. The number of phenols is 1. The zero-order valence-electron chi connectivity index (χ0n) is 8.97. The van der Waals surface area contributed by atoms with Gasteiger partial charge in [0.15, 0.2) is 0 Å². The van der Waals surface area contributed by atoms with E-state index in [1.165, 1.54) is 0 Å².